The van der Waals surface area contributed by atoms with Gasteiger partial charge in [0.1, 0.15) is 6.10 Å². The van der Waals surface area contributed by atoms with Crippen LogP contribution >= 0.6 is 0 Å². The monoisotopic (exact) mass is 318 g/mol. The van der Waals surface area contributed by atoms with Crippen LogP contribution < -0.4 is 22.5 Å². The molecular weight excluding hydrogens is 288 g/mol. The van der Waals surface area contributed by atoms with E-state index in [4.69, 9.17) is 26.7 Å². The first kappa shape index (κ1) is 18.0. The van der Waals surface area contributed by atoms with Crippen molar-refractivity contribution >= 4 is 0 Å². The van der Waals surface area contributed by atoms with Crippen LogP contribution in [0.1, 0.15) is 26.2 Å². The fourth-order valence-corrected chi connectivity index (χ4v) is 3.30. The number of nitrogens with two attached hydrogens (primary N) is 3. The molecule has 0 aromatic heterocycles. The Labute approximate surface area is 131 Å². The number of rotatable bonds is 4. The number of likely N-dealkylation sites (N-methyl/N-ethyl adjacent to an activating group) is 1. The van der Waals surface area contributed by atoms with Gasteiger partial charge in [-0.3, -0.25) is 0 Å². The van der Waals surface area contributed by atoms with Crippen molar-refractivity contribution < 1.29 is 19.7 Å². The summed E-state index contributed by atoms with van der Waals surface area (Å²) in [5.41, 5.74) is 18.0. The quantitative estimate of drug-likeness (QED) is 0.336. The second-order valence-corrected chi connectivity index (χ2v) is 6.52. The molecule has 130 valence electrons. The Kier molecular flexibility index (Phi) is 6.14. The highest BCUT2D eigenvalue weighted by atomic mass is 16.7. The number of hydrogen-bond donors (Lipinski definition) is 6. The van der Waals surface area contributed by atoms with Crippen molar-refractivity contribution in [2.24, 2.45) is 17.2 Å². The largest absolute Gasteiger partial charge is 0.391 e. The van der Waals surface area contributed by atoms with Gasteiger partial charge in [-0.05, 0) is 33.2 Å². The van der Waals surface area contributed by atoms with Gasteiger partial charge in [-0.15, -0.1) is 0 Å². The third-order valence-electron chi connectivity index (χ3n) is 4.71. The molecule has 8 nitrogen and oxygen atoms in total. The minimum absolute atomic E-state index is 0.115. The van der Waals surface area contributed by atoms with Crippen LogP contribution in [0.3, 0.4) is 0 Å². The van der Waals surface area contributed by atoms with Crippen LogP contribution in [0.15, 0.2) is 0 Å². The summed E-state index contributed by atoms with van der Waals surface area (Å²) >= 11 is 0. The molecular formula is C14H30N4O4. The molecule has 0 bridgehead atoms. The van der Waals surface area contributed by atoms with Crippen molar-refractivity contribution in [3.63, 3.8) is 0 Å². The summed E-state index contributed by atoms with van der Waals surface area (Å²) in [6.45, 7) is 1.88. The highest BCUT2D eigenvalue weighted by molar-refractivity contribution is 4.99. The van der Waals surface area contributed by atoms with Crippen LogP contribution in [-0.4, -0.2) is 72.1 Å². The Hall–Kier alpha value is -0.320. The normalized spacial score (nSPS) is 48.1. The lowest BCUT2D eigenvalue weighted by molar-refractivity contribution is -0.252. The van der Waals surface area contributed by atoms with Crippen LogP contribution in [0.4, 0.5) is 0 Å². The van der Waals surface area contributed by atoms with E-state index >= 15 is 0 Å². The molecule has 9 N–H and O–H groups in total. The predicted octanol–water partition coefficient (Wildman–Crippen LogP) is -2.41. The van der Waals surface area contributed by atoms with Crippen molar-refractivity contribution in [2.45, 2.75) is 81.1 Å². The van der Waals surface area contributed by atoms with Gasteiger partial charge in [-0.25, -0.2) is 0 Å². The van der Waals surface area contributed by atoms with Gasteiger partial charge in [-0.2, -0.15) is 0 Å². The number of aliphatic hydroxyl groups is 2. The minimum atomic E-state index is -0.935. The summed E-state index contributed by atoms with van der Waals surface area (Å²) in [4.78, 5) is 0. The van der Waals surface area contributed by atoms with Gasteiger partial charge < -0.3 is 42.2 Å². The second kappa shape index (κ2) is 7.50. The Balaban J connectivity index is 2.03. The summed E-state index contributed by atoms with van der Waals surface area (Å²) in [6.07, 6.45) is -1.20. The lowest BCUT2D eigenvalue weighted by atomic mass is 9.84. The van der Waals surface area contributed by atoms with E-state index in [9.17, 15) is 10.2 Å². The number of hydrogen-bond acceptors (Lipinski definition) is 8. The fourth-order valence-electron chi connectivity index (χ4n) is 3.30. The van der Waals surface area contributed by atoms with E-state index in [1.165, 1.54) is 0 Å². The molecule has 1 heterocycles. The van der Waals surface area contributed by atoms with E-state index in [2.05, 4.69) is 5.32 Å². The topological polar surface area (TPSA) is 149 Å². The zero-order chi connectivity index (χ0) is 16.4. The smallest absolute Gasteiger partial charge is 0.173 e. The first-order valence-corrected chi connectivity index (χ1v) is 7.96. The van der Waals surface area contributed by atoms with Crippen molar-refractivity contribution in [3.8, 4) is 0 Å². The molecule has 0 aromatic rings. The van der Waals surface area contributed by atoms with Crippen LogP contribution in [-0.2, 0) is 9.47 Å². The Morgan fingerprint density at radius 2 is 1.91 bits per heavy atom. The summed E-state index contributed by atoms with van der Waals surface area (Å²) in [7, 11) is 1.68. The van der Waals surface area contributed by atoms with E-state index in [0.717, 1.165) is 12.8 Å². The van der Waals surface area contributed by atoms with Crippen molar-refractivity contribution in [1.29, 1.82) is 0 Å². The molecule has 0 aromatic carbocycles. The zero-order valence-corrected chi connectivity index (χ0v) is 13.3. The molecule has 1 saturated heterocycles. The Morgan fingerprint density at radius 3 is 2.50 bits per heavy atom. The van der Waals surface area contributed by atoms with E-state index in [-0.39, 0.29) is 18.2 Å². The number of aliphatic hydroxyl groups excluding tert-OH is 2. The summed E-state index contributed by atoms with van der Waals surface area (Å²) in [5.74, 6) is 0. The van der Waals surface area contributed by atoms with E-state index < -0.39 is 36.7 Å². The SMILES string of the molecule is CN[C@H]1[C@@H](O)[C@H](O[C@@H]2O[C@@H]([C@H](C)N)CC[C@H]2N)[C@@H](N)C[C@H]1O. The van der Waals surface area contributed by atoms with E-state index in [1.54, 1.807) is 7.05 Å². The first-order valence-electron chi connectivity index (χ1n) is 7.96. The van der Waals surface area contributed by atoms with Crippen molar-refractivity contribution in [3.05, 3.63) is 0 Å². The maximum atomic E-state index is 10.4. The maximum Gasteiger partial charge on any atom is 0.173 e. The molecule has 1 aliphatic carbocycles. The van der Waals surface area contributed by atoms with Crippen LogP contribution in [0.2, 0.25) is 0 Å². The van der Waals surface area contributed by atoms with E-state index in [0.29, 0.717) is 6.42 Å². The summed E-state index contributed by atoms with van der Waals surface area (Å²) < 4.78 is 11.7. The summed E-state index contributed by atoms with van der Waals surface area (Å²) in [5, 5.41) is 23.3. The number of ether oxygens (including phenoxy) is 2. The van der Waals surface area contributed by atoms with Gasteiger partial charge in [0, 0.05) is 12.1 Å². The molecule has 8 heteroatoms. The van der Waals surface area contributed by atoms with Crippen LogP contribution in [0, 0.1) is 0 Å². The molecule has 0 amide bonds. The van der Waals surface area contributed by atoms with Crippen molar-refractivity contribution in [2.75, 3.05) is 7.05 Å². The second-order valence-electron chi connectivity index (χ2n) is 6.52. The van der Waals surface area contributed by atoms with Gasteiger partial charge in [0.15, 0.2) is 6.29 Å². The molecule has 2 fully saturated rings. The lowest BCUT2D eigenvalue weighted by Gasteiger charge is -2.45. The molecule has 0 radical (unpaired) electrons. The van der Waals surface area contributed by atoms with Gasteiger partial charge >= 0.3 is 0 Å². The standard InChI is InChI=1S/C14H30N4O4/c1-6(15)10-4-3-7(16)14(21-10)22-13-8(17)5-9(19)11(18-2)12(13)20/h6-14,18-20H,3-5,15-17H2,1-2H3/t6-,7+,8-,9+,10+,11+,12+,13+,14-/m0/s1. The first-order chi connectivity index (χ1) is 10.3. The summed E-state index contributed by atoms with van der Waals surface area (Å²) in [6, 6.07) is -1.38. The fraction of sp³-hybridized carbons (Fsp3) is 1.00. The van der Waals surface area contributed by atoms with Crippen LogP contribution in [0.5, 0.6) is 0 Å². The van der Waals surface area contributed by atoms with E-state index in [1.807, 2.05) is 6.92 Å². The average Bonchev–Trinajstić information content (AvgIpc) is 2.45. The van der Waals surface area contributed by atoms with Gasteiger partial charge in [0.05, 0.1) is 30.4 Å². The third-order valence-corrected chi connectivity index (χ3v) is 4.71. The Bertz CT molecular complexity index is 360. The highest BCUT2D eigenvalue weighted by Crippen LogP contribution is 2.27. The van der Waals surface area contributed by atoms with Crippen molar-refractivity contribution in [1.82, 2.24) is 5.32 Å². The van der Waals surface area contributed by atoms with Crippen LogP contribution in [0.25, 0.3) is 0 Å². The average molecular weight is 318 g/mol. The lowest BCUT2D eigenvalue weighted by Crippen LogP contribution is -2.65. The third kappa shape index (κ3) is 3.77. The predicted molar refractivity (Wildman–Crippen MR) is 81.8 cm³/mol. The molecule has 2 rings (SSSR count). The molecule has 2 aliphatic rings. The molecule has 0 unspecified atom stereocenters. The molecule has 0 spiro atoms. The van der Waals surface area contributed by atoms with Gasteiger partial charge in [0.2, 0.25) is 0 Å². The van der Waals surface area contributed by atoms with Gasteiger partial charge in [-0.1, -0.05) is 0 Å². The van der Waals surface area contributed by atoms with Gasteiger partial charge in [0.25, 0.3) is 0 Å². The Morgan fingerprint density at radius 1 is 1.23 bits per heavy atom. The number of nitrogens with one attached hydrogen (secondary N) is 1. The molecule has 22 heavy (non-hydrogen) atoms. The minimum Gasteiger partial charge on any atom is -0.391 e. The highest BCUT2D eigenvalue weighted by Gasteiger charge is 2.45. The molecule has 1 saturated carbocycles. The zero-order valence-electron chi connectivity index (χ0n) is 13.3. The molecule has 1 aliphatic heterocycles. The molecule has 9 atom stereocenters. The maximum absolute atomic E-state index is 10.4.